The van der Waals surface area contributed by atoms with Gasteiger partial charge in [-0.3, -0.25) is 9.59 Å². The van der Waals surface area contributed by atoms with E-state index in [1.54, 1.807) is 6.07 Å². The molecule has 0 bridgehead atoms. The van der Waals surface area contributed by atoms with E-state index in [1.165, 1.54) is 24.3 Å². The quantitative estimate of drug-likeness (QED) is 0.854. The van der Waals surface area contributed by atoms with Crippen LogP contribution in [0.15, 0.2) is 34.9 Å². The molecule has 7 heteroatoms. The van der Waals surface area contributed by atoms with Crippen molar-refractivity contribution in [2.75, 3.05) is 0 Å². The van der Waals surface area contributed by atoms with E-state index in [9.17, 15) is 14.0 Å². The monoisotopic (exact) mass is 318 g/mol. The molecule has 2 aromatic rings. The molecule has 1 aliphatic carbocycles. The number of halogens is 1. The molecule has 23 heavy (non-hydrogen) atoms. The number of hydrogen-bond donors (Lipinski definition) is 2. The number of amides is 1. The van der Waals surface area contributed by atoms with Gasteiger partial charge in [0.25, 0.3) is 5.91 Å². The maximum atomic E-state index is 13.0. The van der Waals surface area contributed by atoms with Crippen molar-refractivity contribution in [3.63, 3.8) is 0 Å². The zero-order valence-electron chi connectivity index (χ0n) is 12.2. The molecule has 1 saturated carbocycles. The zero-order valence-corrected chi connectivity index (χ0v) is 12.2. The van der Waals surface area contributed by atoms with Gasteiger partial charge < -0.3 is 14.9 Å². The number of aliphatic carboxylic acids is 1. The highest BCUT2D eigenvalue weighted by Crippen LogP contribution is 2.40. The summed E-state index contributed by atoms with van der Waals surface area (Å²) >= 11 is 0. The Bertz CT molecular complexity index is 722. The number of carboxylic acids is 1. The maximum absolute atomic E-state index is 13.0. The molecule has 1 unspecified atom stereocenters. The number of hydrogen-bond acceptors (Lipinski definition) is 4. The third kappa shape index (κ3) is 3.74. The Morgan fingerprint density at radius 2 is 2.04 bits per heavy atom. The molecule has 1 fully saturated rings. The first-order chi connectivity index (χ1) is 11.0. The van der Waals surface area contributed by atoms with Crippen molar-refractivity contribution in [2.45, 2.75) is 31.2 Å². The number of carbonyl (C=O) groups is 2. The molecule has 0 aliphatic heterocycles. The van der Waals surface area contributed by atoms with Crippen molar-refractivity contribution in [3.8, 4) is 0 Å². The molecule has 3 rings (SSSR count). The third-order valence-electron chi connectivity index (χ3n) is 3.70. The number of nitrogens with zero attached hydrogens (tertiary/aromatic N) is 1. The predicted octanol–water partition coefficient (Wildman–Crippen LogP) is 2.64. The van der Waals surface area contributed by atoms with Gasteiger partial charge in [0.15, 0.2) is 5.69 Å². The molecule has 2 N–H and O–H groups in total. The minimum absolute atomic E-state index is 0.115. The van der Waals surface area contributed by atoms with Gasteiger partial charge >= 0.3 is 5.97 Å². The van der Waals surface area contributed by atoms with Crippen LogP contribution in [0.4, 0.5) is 4.39 Å². The minimum Gasteiger partial charge on any atom is -0.481 e. The average molecular weight is 318 g/mol. The smallest absolute Gasteiger partial charge is 0.305 e. The molecule has 1 aromatic heterocycles. The van der Waals surface area contributed by atoms with Crippen molar-refractivity contribution < 1.29 is 23.6 Å². The summed E-state index contributed by atoms with van der Waals surface area (Å²) in [5.41, 5.74) is 0.623. The van der Waals surface area contributed by atoms with Crippen LogP contribution in [0.1, 0.15) is 53.0 Å². The van der Waals surface area contributed by atoms with E-state index >= 15 is 0 Å². The Balaban J connectivity index is 1.74. The van der Waals surface area contributed by atoms with Crippen molar-refractivity contribution in [3.05, 3.63) is 53.2 Å². The molecule has 0 saturated heterocycles. The summed E-state index contributed by atoms with van der Waals surface area (Å²) < 4.78 is 18.1. The van der Waals surface area contributed by atoms with Gasteiger partial charge in [-0.15, -0.1) is 0 Å². The molecular weight excluding hydrogens is 303 g/mol. The summed E-state index contributed by atoms with van der Waals surface area (Å²) in [4.78, 5) is 23.2. The molecule has 1 aliphatic rings. The summed E-state index contributed by atoms with van der Waals surface area (Å²) in [7, 11) is 0. The average Bonchev–Trinajstić information content (AvgIpc) is 3.24. The van der Waals surface area contributed by atoms with E-state index in [4.69, 9.17) is 9.63 Å². The molecule has 0 spiro atoms. The van der Waals surface area contributed by atoms with E-state index in [1.807, 2.05) is 0 Å². The largest absolute Gasteiger partial charge is 0.481 e. The van der Waals surface area contributed by atoms with Crippen LogP contribution in [0.5, 0.6) is 0 Å². The van der Waals surface area contributed by atoms with E-state index < -0.39 is 23.7 Å². The number of carbonyl (C=O) groups excluding carboxylic acids is 1. The highest BCUT2D eigenvalue weighted by atomic mass is 19.1. The Morgan fingerprint density at radius 3 is 2.65 bits per heavy atom. The van der Waals surface area contributed by atoms with Gasteiger partial charge in [-0.1, -0.05) is 17.3 Å². The Morgan fingerprint density at radius 1 is 1.35 bits per heavy atom. The van der Waals surface area contributed by atoms with Crippen LogP contribution >= 0.6 is 0 Å². The normalized spacial score (nSPS) is 15.2. The minimum atomic E-state index is -1.07. The van der Waals surface area contributed by atoms with Crippen molar-refractivity contribution >= 4 is 11.9 Å². The standard InChI is InChI=1S/C16H15FN2O4/c17-11-5-3-9(4-6-11)12(8-15(20)21)18-16(22)13-7-14(23-19-13)10-1-2-10/h3-7,10,12H,1-2,8H2,(H,18,22)(H,20,21). The van der Waals surface area contributed by atoms with Gasteiger partial charge in [0.1, 0.15) is 11.6 Å². The maximum Gasteiger partial charge on any atom is 0.305 e. The molecular formula is C16H15FN2O4. The molecule has 1 aromatic carbocycles. The second kappa shape index (κ2) is 6.20. The van der Waals surface area contributed by atoms with Crippen LogP contribution in [0.2, 0.25) is 0 Å². The highest BCUT2D eigenvalue weighted by molar-refractivity contribution is 5.92. The second-order valence-corrected chi connectivity index (χ2v) is 5.56. The first-order valence-corrected chi connectivity index (χ1v) is 7.27. The van der Waals surface area contributed by atoms with E-state index in [-0.39, 0.29) is 12.1 Å². The highest BCUT2D eigenvalue weighted by Gasteiger charge is 2.29. The number of aromatic nitrogens is 1. The van der Waals surface area contributed by atoms with E-state index in [0.29, 0.717) is 17.2 Å². The van der Waals surface area contributed by atoms with Gasteiger partial charge in [0, 0.05) is 12.0 Å². The Labute approximate surface area is 131 Å². The van der Waals surface area contributed by atoms with Crippen LogP contribution in [0.25, 0.3) is 0 Å². The summed E-state index contributed by atoms with van der Waals surface area (Å²) in [6, 6.07) is 6.13. The fourth-order valence-corrected chi connectivity index (χ4v) is 2.31. The molecule has 120 valence electrons. The summed E-state index contributed by atoms with van der Waals surface area (Å²) in [6.07, 6.45) is 1.73. The molecule has 6 nitrogen and oxygen atoms in total. The number of nitrogens with one attached hydrogen (secondary N) is 1. The molecule has 0 radical (unpaired) electrons. The van der Waals surface area contributed by atoms with Gasteiger partial charge in [0.05, 0.1) is 12.5 Å². The van der Waals surface area contributed by atoms with Crippen molar-refractivity contribution in [1.29, 1.82) is 0 Å². The lowest BCUT2D eigenvalue weighted by Gasteiger charge is -2.16. The topological polar surface area (TPSA) is 92.4 Å². The number of carboxylic acid groups (broad SMARTS) is 1. The van der Waals surface area contributed by atoms with Crippen molar-refractivity contribution in [1.82, 2.24) is 10.5 Å². The predicted molar refractivity (Wildman–Crippen MR) is 77.3 cm³/mol. The van der Waals surface area contributed by atoms with Gasteiger partial charge in [-0.25, -0.2) is 4.39 Å². The van der Waals surface area contributed by atoms with Crippen LogP contribution in [-0.2, 0) is 4.79 Å². The molecule has 1 amide bonds. The number of rotatable bonds is 6. The zero-order chi connectivity index (χ0) is 16.4. The summed E-state index contributed by atoms with van der Waals surface area (Å²) in [5, 5.41) is 15.3. The first kappa shape index (κ1) is 15.2. The fourth-order valence-electron chi connectivity index (χ4n) is 2.31. The first-order valence-electron chi connectivity index (χ1n) is 7.27. The molecule has 1 heterocycles. The SMILES string of the molecule is O=C(O)CC(NC(=O)c1cc(C2CC2)on1)c1ccc(F)cc1. The van der Waals surface area contributed by atoms with Crippen LogP contribution in [0, 0.1) is 5.82 Å². The van der Waals surface area contributed by atoms with Gasteiger partial charge in [-0.05, 0) is 30.5 Å². The Hall–Kier alpha value is -2.70. The van der Waals surface area contributed by atoms with Crippen LogP contribution in [0.3, 0.4) is 0 Å². The Kier molecular flexibility index (Phi) is 4.10. The van der Waals surface area contributed by atoms with Gasteiger partial charge in [-0.2, -0.15) is 0 Å². The third-order valence-corrected chi connectivity index (χ3v) is 3.70. The van der Waals surface area contributed by atoms with Crippen molar-refractivity contribution in [2.24, 2.45) is 0 Å². The second-order valence-electron chi connectivity index (χ2n) is 5.56. The van der Waals surface area contributed by atoms with Gasteiger partial charge in [0.2, 0.25) is 0 Å². The lowest BCUT2D eigenvalue weighted by molar-refractivity contribution is -0.137. The lowest BCUT2D eigenvalue weighted by Crippen LogP contribution is -2.30. The summed E-state index contributed by atoms with van der Waals surface area (Å²) in [5.74, 6) is -1.02. The van der Waals surface area contributed by atoms with Crippen LogP contribution < -0.4 is 5.32 Å². The van der Waals surface area contributed by atoms with E-state index in [2.05, 4.69) is 10.5 Å². The number of benzene rings is 1. The van der Waals surface area contributed by atoms with E-state index in [0.717, 1.165) is 12.8 Å². The lowest BCUT2D eigenvalue weighted by atomic mass is 10.0. The fraction of sp³-hybridized carbons (Fsp3) is 0.312. The summed E-state index contributed by atoms with van der Waals surface area (Å²) in [6.45, 7) is 0. The van der Waals surface area contributed by atoms with Crippen LogP contribution in [-0.4, -0.2) is 22.1 Å². The molecule has 1 atom stereocenters.